The Kier molecular flexibility index (Phi) is 6.72. The lowest BCUT2D eigenvalue weighted by Crippen LogP contribution is -2.52. The van der Waals surface area contributed by atoms with E-state index in [0.29, 0.717) is 12.4 Å². The second-order valence-electron chi connectivity index (χ2n) is 7.33. The average molecular weight is 420 g/mol. The summed E-state index contributed by atoms with van der Waals surface area (Å²) in [6, 6.07) is 18.1. The monoisotopic (exact) mass is 419 g/mol. The van der Waals surface area contributed by atoms with Gasteiger partial charge >= 0.3 is 0 Å². The van der Waals surface area contributed by atoms with Crippen molar-refractivity contribution < 1.29 is 9.15 Å². The van der Waals surface area contributed by atoms with Gasteiger partial charge in [0, 0.05) is 38.3 Å². The van der Waals surface area contributed by atoms with Gasteiger partial charge in [-0.25, -0.2) is 9.98 Å². The smallest absolute Gasteiger partial charge is 0.226 e. The molecule has 0 amide bonds. The maximum atomic E-state index is 5.64. The highest BCUT2D eigenvalue weighted by molar-refractivity contribution is 5.80. The highest BCUT2D eigenvalue weighted by Crippen LogP contribution is 2.28. The van der Waals surface area contributed by atoms with Crippen molar-refractivity contribution in [1.82, 2.24) is 15.2 Å². The molecule has 1 saturated heterocycles. The van der Waals surface area contributed by atoms with E-state index >= 15 is 0 Å². The van der Waals surface area contributed by atoms with Crippen LogP contribution in [0, 0.1) is 0 Å². The van der Waals surface area contributed by atoms with Gasteiger partial charge in [0.1, 0.15) is 17.7 Å². The van der Waals surface area contributed by atoms with Crippen molar-refractivity contribution in [1.29, 1.82) is 0 Å². The van der Waals surface area contributed by atoms with Crippen molar-refractivity contribution >= 4 is 11.6 Å². The van der Waals surface area contributed by atoms with Gasteiger partial charge in [-0.15, -0.1) is 0 Å². The Morgan fingerprint density at radius 3 is 2.55 bits per heavy atom. The van der Waals surface area contributed by atoms with Crippen LogP contribution in [0.3, 0.4) is 0 Å². The third-order valence-electron chi connectivity index (χ3n) is 5.30. The molecule has 0 unspecified atom stereocenters. The summed E-state index contributed by atoms with van der Waals surface area (Å²) >= 11 is 0. The molecule has 1 aliphatic rings. The Labute approximate surface area is 183 Å². The molecule has 0 bridgehead atoms. The summed E-state index contributed by atoms with van der Waals surface area (Å²) in [5.74, 6) is 2.45. The van der Waals surface area contributed by atoms with E-state index in [1.165, 1.54) is 0 Å². The van der Waals surface area contributed by atoms with Gasteiger partial charge in [-0.2, -0.15) is 0 Å². The molecular weight excluding hydrogens is 390 g/mol. The second kappa shape index (κ2) is 10.0. The van der Waals surface area contributed by atoms with E-state index < -0.39 is 0 Å². The molecule has 1 aromatic heterocycles. The summed E-state index contributed by atoms with van der Waals surface area (Å²) < 4.78 is 11.2. The van der Waals surface area contributed by atoms with Gasteiger partial charge in [-0.3, -0.25) is 0 Å². The van der Waals surface area contributed by atoms with E-state index in [9.17, 15) is 0 Å². The number of hydrogen-bond donors (Lipinski definition) is 1. The van der Waals surface area contributed by atoms with E-state index in [1.807, 2.05) is 42.5 Å². The van der Waals surface area contributed by atoms with Crippen LogP contribution in [-0.4, -0.2) is 55.7 Å². The molecule has 0 saturated carbocycles. The molecule has 2 aromatic carbocycles. The third kappa shape index (κ3) is 4.99. The minimum Gasteiger partial charge on any atom is -0.495 e. The highest BCUT2D eigenvalue weighted by atomic mass is 16.5. The predicted molar refractivity (Wildman–Crippen MR) is 124 cm³/mol. The van der Waals surface area contributed by atoms with E-state index in [0.717, 1.165) is 61.4 Å². The molecule has 162 valence electrons. The molecule has 2 heterocycles. The maximum Gasteiger partial charge on any atom is 0.226 e. The number of aliphatic imine (C=N–C) groups is 1. The lowest BCUT2D eigenvalue weighted by Gasteiger charge is -2.38. The zero-order valence-electron chi connectivity index (χ0n) is 18.1. The van der Waals surface area contributed by atoms with E-state index in [2.05, 4.69) is 39.2 Å². The largest absolute Gasteiger partial charge is 0.495 e. The van der Waals surface area contributed by atoms with Crippen LogP contribution in [-0.2, 0) is 6.54 Å². The lowest BCUT2D eigenvalue weighted by atomic mass is 10.2. The summed E-state index contributed by atoms with van der Waals surface area (Å²) in [7, 11) is 1.72. The van der Waals surface area contributed by atoms with E-state index in [4.69, 9.17) is 14.1 Å². The van der Waals surface area contributed by atoms with Gasteiger partial charge in [0.25, 0.3) is 0 Å². The van der Waals surface area contributed by atoms with Gasteiger partial charge in [0.15, 0.2) is 5.96 Å². The first kappa shape index (κ1) is 20.8. The number of rotatable bonds is 6. The standard InChI is InChI=1S/C24H29N5O2/c1-3-25-24(26-17-20-18-31-23(27-20)19-9-5-4-6-10-19)29-15-13-28(14-16-29)21-11-7-8-12-22(21)30-2/h4-12,18H,3,13-17H2,1-2H3,(H,25,26). The number of hydrogen-bond acceptors (Lipinski definition) is 5. The zero-order valence-corrected chi connectivity index (χ0v) is 18.1. The SMILES string of the molecule is CCNC(=NCc1coc(-c2ccccc2)n1)N1CCN(c2ccccc2OC)CC1. The van der Waals surface area contributed by atoms with Crippen LogP contribution in [0.15, 0.2) is 70.3 Å². The van der Waals surface area contributed by atoms with Crippen LogP contribution in [0.1, 0.15) is 12.6 Å². The Hall–Kier alpha value is -3.48. The van der Waals surface area contributed by atoms with Gasteiger partial charge in [0.2, 0.25) is 5.89 Å². The van der Waals surface area contributed by atoms with Crippen molar-refractivity contribution in [3.05, 3.63) is 66.6 Å². The molecule has 7 nitrogen and oxygen atoms in total. The molecule has 3 aromatic rings. The number of piperazine rings is 1. The Bertz CT molecular complexity index is 994. The van der Waals surface area contributed by atoms with Crippen molar-refractivity contribution in [2.45, 2.75) is 13.5 Å². The first-order valence-electron chi connectivity index (χ1n) is 10.7. The Morgan fingerprint density at radius 1 is 1.06 bits per heavy atom. The topological polar surface area (TPSA) is 66.1 Å². The van der Waals surface area contributed by atoms with Gasteiger partial charge in [0.05, 0.1) is 19.3 Å². The Morgan fingerprint density at radius 2 is 1.81 bits per heavy atom. The number of aromatic nitrogens is 1. The van der Waals surface area contributed by atoms with E-state index in [-0.39, 0.29) is 0 Å². The summed E-state index contributed by atoms with van der Waals surface area (Å²) in [6.07, 6.45) is 1.69. The quantitative estimate of drug-likeness (QED) is 0.486. The molecular formula is C24H29N5O2. The number of guanidine groups is 1. The number of benzene rings is 2. The van der Waals surface area contributed by atoms with Crippen LogP contribution >= 0.6 is 0 Å². The Balaban J connectivity index is 1.40. The van der Waals surface area contributed by atoms with Gasteiger partial charge in [-0.05, 0) is 31.2 Å². The summed E-state index contributed by atoms with van der Waals surface area (Å²) in [6.45, 7) is 6.98. The molecule has 1 aliphatic heterocycles. The third-order valence-corrected chi connectivity index (χ3v) is 5.30. The van der Waals surface area contributed by atoms with Crippen molar-refractivity contribution in [3.63, 3.8) is 0 Å². The van der Waals surface area contributed by atoms with Crippen LogP contribution in [0.5, 0.6) is 5.75 Å². The molecule has 7 heteroatoms. The molecule has 0 radical (unpaired) electrons. The summed E-state index contributed by atoms with van der Waals surface area (Å²) in [5.41, 5.74) is 2.93. The predicted octanol–water partition coefficient (Wildman–Crippen LogP) is 3.64. The lowest BCUT2D eigenvalue weighted by molar-refractivity contribution is 0.367. The maximum absolute atomic E-state index is 5.64. The fourth-order valence-electron chi connectivity index (χ4n) is 3.72. The van der Waals surface area contributed by atoms with Crippen LogP contribution in [0.2, 0.25) is 0 Å². The van der Waals surface area contributed by atoms with Crippen molar-refractivity contribution in [3.8, 4) is 17.2 Å². The van der Waals surface area contributed by atoms with E-state index in [1.54, 1.807) is 13.4 Å². The number of nitrogens with one attached hydrogen (secondary N) is 1. The highest BCUT2D eigenvalue weighted by Gasteiger charge is 2.21. The first-order chi connectivity index (χ1) is 15.3. The average Bonchev–Trinajstić information content (AvgIpc) is 3.31. The normalized spacial score (nSPS) is 14.6. The molecule has 1 fully saturated rings. The minimum atomic E-state index is 0.478. The van der Waals surface area contributed by atoms with Crippen LogP contribution < -0.4 is 15.0 Å². The molecule has 0 atom stereocenters. The number of para-hydroxylation sites is 2. The fourth-order valence-corrected chi connectivity index (χ4v) is 3.72. The van der Waals surface area contributed by atoms with Crippen LogP contribution in [0.4, 0.5) is 5.69 Å². The molecule has 31 heavy (non-hydrogen) atoms. The van der Waals surface area contributed by atoms with Gasteiger partial charge in [-0.1, -0.05) is 30.3 Å². The summed E-state index contributed by atoms with van der Waals surface area (Å²) in [4.78, 5) is 14.1. The second-order valence-corrected chi connectivity index (χ2v) is 7.33. The summed E-state index contributed by atoms with van der Waals surface area (Å²) in [5, 5.41) is 3.41. The van der Waals surface area contributed by atoms with Crippen molar-refractivity contribution in [2.75, 3.05) is 44.7 Å². The minimum absolute atomic E-state index is 0.478. The molecule has 0 spiro atoms. The molecule has 0 aliphatic carbocycles. The number of ether oxygens (including phenoxy) is 1. The first-order valence-corrected chi connectivity index (χ1v) is 10.7. The number of methoxy groups -OCH3 is 1. The van der Waals surface area contributed by atoms with Crippen LogP contribution in [0.25, 0.3) is 11.5 Å². The molecule has 1 N–H and O–H groups in total. The van der Waals surface area contributed by atoms with Crippen molar-refractivity contribution in [2.24, 2.45) is 4.99 Å². The number of anilines is 1. The number of oxazole rings is 1. The van der Waals surface area contributed by atoms with Gasteiger partial charge < -0.3 is 24.3 Å². The number of nitrogens with zero attached hydrogens (tertiary/aromatic N) is 4. The zero-order chi connectivity index (χ0) is 21.5. The fraction of sp³-hybridized carbons (Fsp3) is 0.333. The molecule has 4 rings (SSSR count).